The van der Waals surface area contributed by atoms with Gasteiger partial charge in [0.1, 0.15) is 17.6 Å². The monoisotopic (exact) mass is 404 g/mol. The van der Waals surface area contributed by atoms with E-state index in [4.69, 9.17) is 14.6 Å². The first-order valence-corrected chi connectivity index (χ1v) is 10.6. The van der Waals surface area contributed by atoms with Crippen LogP contribution in [0.4, 0.5) is 0 Å². The Kier molecular flexibility index (Phi) is 5.62. The van der Waals surface area contributed by atoms with Gasteiger partial charge in [-0.05, 0) is 50.6 Å². The minimum atomic E-state index is -3.90. The van der Waals surface area contributed by atoms with E-state index in [1.54, 1.807) is 19.1 Å². The Hall–Kier alpha value is -2.58. The number of fused-ring (bicyclic) bond motifs is 1. The highest BCUT2D eigenvalue weighted by Gasteiger charge is 2.22. The number of aryl methyl sites for hydroxylation is 1. The molecule has 0 bridgehead atoms. The topological polar surface area (TPSA) is 108 Å². The molecule has 1 atom stereocenters. The molecule has 1 heterocycles. The van der Waals surface area contributed by atoms with E-state index in [2.05, 4.69) is 5.32 Å². The molecule has 0 saturated heterocycles. The summed E-state index contributed by atoms with van der Waals surface area (Å²) in [6.45, 7) is 6.25. The maximum Gasteiger partial charge on any atom is 0.251 e. The highest BCUT2D eigenvalue weighted by molar-refractivity contribution is 7.89. The first-order chi connectivity index (χ1) is 13.2. The number of carbonyl (C=O) groups is 1. The zero-order chi connectivity index (χ0) is 20.5. The summed E-state index contributed by atoms with van der Waals surface area (Å²) in [6, 6.07) is 8.25. The number of rotatable bonds is 6. The molecule has 0 aromatic heterocycles. The van der Waals surface area contributed by atoms with Gasteiger partial charge in [0.2, 0.25) is 10.0 Å². The molecule has 1 aliphatic heterocycles. The lowest BCUT2D eigenvalue weighted by Gasteiger charge is -2.14. The molecular formula is C20H24N2O5S. The molecule has 0 radical (unpaired) electrons. The lowest BCUT2D eigenvalue weighted by atomic mass is 10.1. The van der Waals surface area contributed by atoms with Crippen LogP contribution >= 0.6 is 0 Å². The number of sulfonamides is 1. The smallest absolute Gasteiger partial charge is 0.251 e. The summed E-state index contributed by atoms with van der Waals surface area (Å²) in [7, 11) is -3.90. The van der Waals surface area contributed by atoms with Gasteiger partial charge in [0, 0.05) is 29.7 Å². The molecule has 0 spiro atoms. The Morgan fingerprint density at radius 1 is 1.32 bits per heavy atom. The molecule has 0 unspecified atom stereocenters. The predicted molar refractivity (Wildman–Crippen MR) is 105 cm³/mol. The third-order valence-electron chi connectivity index (χ3n) is 4.58. The van der Waals surface area contributed by atoms with Gasteiger partial charge in [-0.25, -0.2) is 13.6 Å². The van der Waals surface area contributed by atoms with E-state index in [0.717, 1.165) is 23.3 Å². The van der Waals surface area contributed by atoms with Gasteiger partial charge in [0.15, 0.2) is 0 Å². The first-order valence-electron chi connectivity index (χ1n) is 9.06. The first kappa shape index (κ1) is 20.2. The zero-order valence-electron chi connectivity index (χ0n) is 16.1. The Morgan fingerprint density at radius 2 is 2.07 bits per heavy atom. The Labute approximate surface area is 164 Å². The molecule has 0 fully saturated rings. The summed E-state index contributed by atoms with van der Waals surface area (Å²) in [5.41, 5.74) is 2.59. The van der Waals surface area contributed by atoms with Gasteiger partial charge in [0.25, 0.3) is 5.91 Å². The van der Waals surface area contributed by atoms with Crippen LogP contribution in [0.2, 0.25) is 0 Å². The number of nitrogens with one attached hydrogen (secondary N) is 1. The lowest BCUT2D eigenvalue weighted by Crippen LogP contribution is -2.24. The minimum absolute atomic E-state index is 0.0601. The van der Waals surface area contributed by atoms with Crippen LogP contribution in [0.3, 0.4) is 0 Å². The van der Waals surface area contributed by atoms with Crippen LogP contribution < -0.4 is 19.9 Å². The van der Waals surface area contributed by atoms with E-state index in [9.17, 15) is 13.2 Å². The number of benzene rings is 2. The summed E-state index contributed by atoms with van der Waals surface area (Å²) in [5, 5.41) is 8.02. The number of hydrogen-bond acceptors (Lipinski definition) is 5. The van der Waals surface area contributed by atoms with Crippen LogP contribution in [0.1, 0.15) is 40.9 Å². The fourth-order valence-electron chi connectivity index (χ4n) is 3.23. The highest BCUT2D eigenvalue weighted by atomic mass is 32.2. The molecular weight excluding hydrogens is 380 g/mol. The lowest BCUT2D eigenvalue weighted by molar-refractivity contribution is 0.0950. The maximum absolute atomic E-state index is 12.5. The number of hydrogen-bond donors (Lipinski definition) is 2. The molecule has 28 heavy (non-hydrogen) atoms. The van der Waals surface area contributed by atoms with Crippen LogP contribution in [-0.4, -0.2) is 27.0 Å². The average molecular weight is 404 g/mol. The number of nitrogens with two attached hydrogens (primary N) is 1. The van der Waals surface area contributed by atoms with Crippen molar-refractivity contribution in [2.24, 2.45) is 5.14 Å². The molecule has 2 aromatic rings. The summed E-state index contributed by atoms with van der Waals surface area (Å²) >= 11 is 0. The van der Waals surface area contributed by atoms with Gasteiger partial charge in [-0.2, -0.15) is 0 Å². The molecule has 8 heteroatoms. The van der Waals surface area contributed by atoms with E-state index in [-0.39, 0.29) is 23.1 Å². The van der Waals surface area contributed by atoms with Crippen LogP contribution in [-0.2, 0) is 23.0 Å². The second-order valence-corrected chi connectivity index (χ2v) is 8.37. The van der Waals surface area contributed by atoms with Gasteiger partial charge >= 0.3 is 0 Å². The summed E-state index contributed by atoms with van der Waals surface area (Å²) < 4.78 is 34.9. The van der Waals surface area contributed by atoms with E-state index in [1.165, 1.54) is 6.07 Å². The van der Waals surface area contributed by atoms with E-state index < -0.39 is 15.9 Å². The number of carbonyl (C=O) groups excluding carboxylic acids is 1. The molecule has 0 saturated carbocycles. The molecule has 7 nitrogen and oxygen atoms in total. The van der Waals surface area contributed by atoms with E-state index in [1.807, 2.05) is 26.0 Å². The van der Waals surface area contributed by atoms with Crippen molar-refractivity contribution < 1.29 is 22.7 Å². The predicted octanol–water partition coefficient (Wildman–Crippen LogP) is 2.29. The molecule has 1 aliphatic rings. The minimum Gasteiger partial charge on any atom is -0.494 e. The fraction of sp³-hybridized carbons (Fsp3) is 0.350. The van der Waals surface area contributed by atoms with Gasteiger partial charge in [0.05, 0.1) is 11.5 Å². The molecule has 150 valence electrons. The van der Waals surface area contributed by atoms with Crippen molar-refractivity contribution >= 4 is 15.9 Å². The third-order valence-corrected chi connectivity index (χ3v) is 5.63. The normalized spacial score (nSPS) is 15.6. The van der Waals surface area contributed by atoms with Crippen molar-refractivity contribution in [1.82, 2.24) is 5.32 Å². The Balaban J connectivity index is 1.81. The average Bonchev–Trinajstić information content (AvgIpc) is 2.98. The van der Waals surface area contributed by atoms with Crippen molar-refractivity contribution in [2.75, 3.05) is 6.61 Å². The van der Waals surface area contributed by atoms with Crippen molar-refractivity contribution in [1.29, 1.82) is 0 Å². The molecule has 2 aromatic carbocycles. The zero-order valence-corrected chi connectivity index (χ0v) is 16.9. The van der Waals surface area contributed by atoms with Crippen LogP contribution in [0.5, 0.6) is 11.5 Å². The van der Waals surface area contributed by atoms with E-state index in [0.29, 0.717) is 17.9 Å². The van der Waals surface area contributed by atoms with Gasteiger partial charge in [-0.1, -0.05) is 6.07 Å². The molecule has 1 amide bonds. The van der Waals surface area contributed by atoms with Gasteiger partial charge < -0.3 is 14.8 Å². The standard InChI is InChI=1S/C20H24N2O5S/c1-4-26-17-8-15-7-13(3)27-18(15)9-16(17)11-22-20(23)14-6-5-12(2)19(10-14)28(21,24)25/h5-6,8-10,13H,4,7,11H2,1-3H3,(H,22,23)(H2,21,24,25)/t13-/m1/s1. The SMILES string of the molecule is CCOc1cc2c(cc1CNC(=O)c1ccc(C)c(S(N)(=O)=O)c1)O[C@H](C)C2. The van der Waals surface area contributed by atoms with Crippen molar-refractivity contribution in [3.8, 4) is 11.5 Å². The molecule has 0 aliphatic carbocycles. The van der Waals surface area contributed by atoms with Crippen LogP contribution in [0.25, 0.3) is 0 Å². The van der Waals surface area contributed by atoms with Crippen molar-refractivity contribution in [2.45, 2.75) is 44.7 Å². The van der Waals surface area contributed by atoms with Crippen molar-refractivity contribution in [3.05, 3.63) is 52.6 Å². The molecule has 3 rings (SSSR count). The second-order valence-electron chi connectivity index (χ2n) is 6.84. The highest BCUT2D eigenvalue weighted by Crippen LogP contribution is 2.35. The Morgan fingerprint density at radius 3 is 2.75 bits per heavy atom. The summed E-state index contributed by atoms with van der Waals surface area (Å²) in [5.74, 6) is 1.10. The van der Waals surface area contributed by atoms with Crippen LogP contribution in [0.15, 0.2) is 35.2 Å². The third kappa shape index (κ3) is 4.28. The van der Waals surface area contributed by atoms with Crippen molar-refractivity contribution in [3.63, 3.8) is 0 Å². The quantitative estimate of drug-likeness (QED) is 0.768. The maximum atomic E-state index is 12.5. The van der Waals surface area contributed by atoms with E-state index >= 15 is 0 Å². The molecule has 3 N–H and O–H groups in total. The summed E-state index contributed by atoms with van der Waals surface area (Å²) in [4.78, 5) is 12.5. The summed E-state index contributed by atoms with van der Waals surface area (Å²) in [6.07, 6.45) is 0.931. The fourth-order valence-corrected chi connectivity index (χ4v) is 4.04. The number of amides is 1. The van der Waals surface area contributed by atoms with Gasteiger partial charge in [-0.15, -0.1) is 0 Å². The van der Waals surface area contributed by atoms with Crippen LogP contribution in [0, 0.1) is 6.92 Å². The Bertz CT molecular complexity index is 1020. The largest absolute Gasteiger partial charge is 0.494 e. The van der Waals surface area contributed by atoms with Gasteiger partial charge in [-0.3, -0.25) is 4.79 Å². The number of ether oxygens (including phenoxy) is 2. The number of primary sulfonamides is 1. The second kappa shape index (κ2) is 7.81.